The summed E-state index contributed by atoms with van der Waals surface area (Å²) in [5.74, 6) is -5.00. The first kappa shape index (κ1) is 57.2. The Morgan fingerprint density at radius 3 is 2.33 bits per heavy atom. The number of likely N-dealkylation sites (N-methyl/N-ethyl adjacent to an activating group) is 1. The normalized spacial score (nSPS) is 32.9. The number of alkyl carbamates (subject to hydrolysis) is 1. The number of carbonyl (C=O) groups excluding carboxylic acids is 9. The van der Waals surface area contributed by atoms with E-state index in [2.05, 4.69) is 5.32 Å². The zero-order valence-electron chi connectivity index (χ0n) is 43.8. The lowest BCUT2D eigenvalue weighted by Crippen LogP contribution is -2.67. The average molecular weight is 1090 g/mol. The van der Waals surface area contributed by atoms with Gasteiger partial charge < -0.3 is 43.4 Å². The predicted molar refractivity (Wildman–Crippen MR) is 270 cm³/mol. The molecule has 1 aliphatic carbocycles. The molecule has 0 radical (unpaired) electrons. The zero-order valence-corrected chi connectivity index (χ0v) is 45.4. The van der Waals surface area contributed by atoms with Crippen LogP contribution in [0.25, 0.3) is 0 Å². The van der Waals surface area contributed by atoms with Crippen LogP contribution in [-0.2, 0) is 68.6 Å². The number of benzene rings is 1. The number of hydroxylamine groups is 2. The summed E-state index contributed by atoms with van der Waals surface area (Å²) in [5.41, 5.74) is -2.67. The first-order chi connectivity index (χ1) is 35.3. The van der Waals surface area contributed by atoms with Gasteiger partial charge in [-0.25, -0.2) is 14.4 Å². The van der Waals surface area contributed by atoms with Crippen LogP contribution in [0, 0.1) is 17.8 Å². The van der Waals surface area contributed by atoms with Gasteiger partial charge in [-0.2, -0.15) is 0 Å². The monoisotopic (exact) mass is 1090 g/mol. The van der Waals surface area contributed by atoms with E-state index in [1.165, 1.54) is 61.7 Å². The van der Waals surface area contributed by atoms with E-state index in [1.54, 1.807) is 45.1 Å². The molecule has 5 aliphatic heterocycles. The molecule has 4 saturated heterocycles. The number of aliphatic hydroxyl groups is 1. The van der Waals surface area contributed by atoms with Gasteiger partial charge in [0.05, 0.1) is 36.5 Å². The summed E-state index contributed by atoms with van der Waals surface area (Å²) < 4.78 is 29.8. The molecule has 21 nitrogen and oxygen atoms in total. The third-order valence-electron chi connectivity index (χ3n) is 15.7. The fraction of sp³-hybridized carbons (Fsp3) is 0.635. The molecule has 7 rings (SSSR count). The van der Waals surface area contributed by atoms with Crippen molar-refractivity contribution in [1.82, 2.24) is 20.2 Å². The number of likely N-dealkylation sites (tertiary alicyclic amines) is 1. The first-order valence-electron chi connectivity index (χ1n) is 25.2. The van der Waals surface area contributed by atoms with E-state index >= 15 is 0 Å². The van der Waals surface area contributed by atoms with E-state index in [0.29, 0.717) is 48.6 Å². The van der Waals surface area contributed by atoms with Crippen LogP contribution in [0.2, 0.25) is 5.02 Å². The van der Waals surface area contributed by atoms with Crippen molar-refractivity contribution in [1.29, 1.82) is 0 Å². The van der Waals surface area contributed by atoms with E-state index in [9.17, 15) is 48.3 Å². The number of thioether (sulfide) groups is 1. The second-order valence-electron chi connectivity index (χ2n) is 20.9. The van der Waals surface area contributed by atoms with Gasteiger partial charge in [-0.1, -0.05) is 42.3 Å². The summed E-state index contributed by atoms with van der Waals surface area (Å²) >= 11 is 8.00. The highest BCUT2D eigenvalue weighted by Crippen LogP contribution is 2.52. The van der Waals surface area contributed by atoms with Crippen molar-refractivity contribution in [3.8, 4) is 5.75 Å². The lowest BCUT2D eigenvalue weighted by molar-refractivity contribution is -0.201. The molecule has 7 amide bonds. The van der Waals surface area contributed by atoms with Crippen LogP contribution in [0.1, 0.15) is 104 Å². The number of methoxy groups -OCH3 is 2. The largest absolute Gasteiger partial charge is 0.495 e. The van der Waals surface area contributed by atoms with Crippen molar-refractivity contribution < 1.29 is 76.8 Å². The highest BCUT2D eigenvalue weighted by molar-refractivity contribution is 8.00. The van der Waals surface area contributed by atoms with Crippen molar-refractivity contribution >= 4 is 82.5 Å². The van der Waals surface area contributed by atoms with Crippen molar-refractivity contribution in [2.75, 3.05) is 45.5 Å². The molecule has 0 aromatic heterocycles. The third-order valence-corrected chi connectivity index (χ3v) is 17.3. The van der Waals surface area contributed by atoms with Gasteiger partial charge in [0.2, 0.25) is 23.6 Å². The molecule has 5 heterocycles. The molecule has 1 aromatic carbocycles. The van der Waals surface area contributed by atoms with Crippen LogP contribution in [0.4, 0.5) is 10.5 Å². The van der Waals surface area contributed by atoms with E-state index in [0.717, 1.165) is 11.1 Å². The maximum absolute atomic E-state index is 14.4. The number of nitrogens with zero attached hydrogens (tertiary/aromatic N) is 4. The Morgan fingerprint density at radius 1 is 1.00 bits per heavy atom. The van der Waals surface area contributed by atoms with Gasteiger partial charge in [-0.15, -0.1) is 16.8 Å². The number of ether oxygens (including phenoxy) is 5. The number of carbonyl (C=O) groups is 9. The number of epoxide rings is 1. The number of amides is 7. The second kappa shape index (κ2) is 23.0. The minimum absolute atomic E-state index is 0.00296. The van der Waals surface area contributed by atoms with Crippen molar-refractivity contribution in [2.24, 2.45) is 17.8 Å². The predicted octanol–water partition coefficient (Wildman–Crippen LogP) is 4.57. The van der Waals surface area contributed by atoms with E-state index < -0.39 is 106 Å². The quantitative estimate of drug-likeness (QED) is 0.156. The van der Waals surface area contributed by atoms with Crippen LogP contribution in [-0.4, -0.2) is 161 Å². The van der Waals surface area contributed by atoms with Crippen LogP contribution < -0.4 is 15.0 Å². The highest BCUT2D eigenvalue weighted by atomic mass is 35.5. The Hall–Kier alpha value is -5.55. The molecule has 5 fully saturated rings. The number of hydrogen-bond acceptors (Lipinski definition) is 17. The van der Waals surface area contributed by atoms with Gasteiger partial charge in [0.25, 0.3) is 11.8 Å². The molecular formula is C52H68ClN5O16S. The maximum Gasteiger partial charge on any atom is 0.410 e. The fourth-order valence-electron chi connectivity index (χ4n) is 10.6. The van der Waals surface area contributed by atoms with Crippen molar-refractivity contribution in [3.63, 3.8) is 0 Å². The number of anilines is 1. The van der Waals surface area contributed by atoms with E-state index in [1.807, 2.05) is 13.0 Å². The van der Waals surface area contributed by atoms with Gasteiger partial charge in [0.15, 0.2) is 5.72 Å². The van der Waals surface area contributed by atoms with Crippen molar-refractivity contribution in [3.05, 3.63) is 46.5 Å². The van der Waals surface area contributed by atoms with E-state index in [-0.39, 0.29) is 67.2 Å². The summed E-state index contributed by atoms with van der Waals surface area (Å²) in [6.45, 7) is 8.67. The van der Waals surface area contributed by atoms with Gasteiger partial charge >= 0.3 is 18.0 Å². The average Bonchev–Trinajstić information content (AvgIpc) is 3.87. The highest BCUT2D eigenvalue weighted by Gasteiger charge is 2.67. The van der Waals surface area contributed by atoms with Crippen LogP contribution >= 0.6 is 23.4 Å². The summed E-state index contributed by atoms with van der Waals surface area (Å²) in [4.78, 5) is 127. The minimum atomic E-state index is -1.93. The number of nitrogens with one attached hydrogen (secondary N) is 1. The number of esters is 1. The molecule has 9 atom stereocenters. The number of allylic oxidation sites excluding steroid dienone is 3. The zero-order chi connectivity index (χ0) is 54.9. The van der Waals surface area contributed by atoms with Gasteiger partial charge in [-0.05, 0) is 83.4 Å². The molecule has 2 N–H and O–H groups in total. The Bertz CT molecular complexity index is 2520. The number of imide groups is 2. The molecule has 1 saturated carbocycles. The smallest absolute Gasteiger partial charge is 0.410 e. The third kappa shape index (κ3) is 12.3. The summed E-state index contributed by atoms with van der Waals surface area (Å²) in [6, 6.07) is 2.36. The molecule has 75 heavy (non-hydrogen) atoms. The maximum atomic E-state index is 14.4. The number of rotatable bonds is 13. The molecule has 410 valence electrons. The topological polar surface area (TPSA) is 258 Å². The molecule has 0 spiro atoms. The number of hydrogen-bond donors (Lipinski definition) is 2. The number of fused-ring (bicyclic) bond motifs is 5. The van der Waals surface area contributed by atoms with Gasteiger partial charge in [0.1, 0.15) is 40.2 Å². The van der Waals surface area contributed by atoms with E-state index in [4.69, 9.17) is 40.1 Å². The van der Waals surface area contributed by atoms with Gasteiger partial charge in [-0.3, -0.25) is 39.0 Å². The summed E-state index contributed by atoms with van der Waals surface area (Å²) in [7, 11) is 5.85. The van der Waals surface area contributed by atoms with Crippen LogP contribution in [0.5, 0.6) is 5.75 Å². The summed E-state index contributed by atoms with van der Waals surface area (Å²) in [6.07, 6.45) is 2.82. The molecule has 4 bridgehead atoms. The fourth-order valence-corrected chi connectivity index (χ4v) is 12.1. The lowest BCUT2D eigenvalue weighted by Gasteiger charge is -2.47. The first-order valence-corrected chi connectivity index (χ1v) is 26.7. The molecule has 23 heteroatoms. The second-order valence-corrected chi connectivity index (χ2v) is 22.6. The molecule has 6 unspecified atom stereocenters. The Kier molecular flexibility index (Phi) is 17.5. The minimum Gasteiger partial charge on any atom is -0.495 e. The molecule has 1 aromatic rings. The van der Waals surface area contributed by atoms with Gasteiger partial charge in [0, 0.05) is 71.5 Å². The Balaban J connectivity index is 0.999. The van der Waals surface area contributed by atoms with Crippen molar-refractivity contribution in [2.45, 2.75) is 152 Å². The summed E-state index contributed by atoms with van der Waals surface area (Å²) in [5, 5.41) is 14.5. The standard InChI is InChI=1S/C52H68ClN5O16S/c1-28-11-10-12-37(70-9)52(68)27-50(4,73-49(67)54-52)29(2)45-51(5,72-45)38(25-42(62)56(7)34-22-32(21-28)23-35(69-8)44(34)53)71-47(65)30(3)55(6)39(59)19-20-75-36-24-43(63)57(46(36)64)26-31-13-15-33(16-14-31)48(66)74-58-40(60)17-18-41(58)61/h10-12,22-23,29-31,33,36-38,45,68H,13-21,24-27H2,1-9H3,(H,54,67)/b12-10+,28-11+/t29-,30?,31?,33?,36?,37+,38-,45?,50?,51?,52?/m0/s1. The van der Waals surface area contributed by atoms with Crippen LogP contribution in [0.15, 0.2) is 35.9 Å². The SMILES string of the molecule is COc1cc2cc(c1Cl)N(C)C(=O)C[C@H](OC(=O)C(C)N(C)C(=O)CCSC1CC(=O)N(CC3CCC(C(=O)ON4C(=O)CCC4=O)CC3)C1=O)C1(C)OC1[C@H](C)C1(C)CC(O)(NC(=O)O1)[C@H](OC)/C=C/C=C(\C)C2. The number of halogens is 1. The Morgan fingerprint density at radius 2 is 1.68 bits per heavy atom. The van der Waals surface area contributed by atoms with Crippen LogP contribution in [0.3, 0.4) is 0 Å². The Labute approximate surface area is 445 Å². The molecular weight excluding hydrogens is 1020 g/mol. The molecule has 6 aliphatic rings. The lowest BCUT2D eigenvalue weighted by atomic mass is 9.75.